The molecule has 1 amide bonds. The third kappa shape index (κ3) is 4.01. The molecule has 0 aromatic carbocycles. The zero-order valence-corrected chi connectivity index (χ0v) is 16.1. The Kier molecular flexibility index (Phi) is 5.95. The van der Waals surface area contributed by atoms with Gasteiger partial charge in [0, 0.05) is 43.1 Å². The van der Waals surface area contributed by atoms with Crippen LogP contribution in [0.4, 0.5) is 0 Å². The number of thiophene rings is 1. The van der Waals surface area contributed by atoms with Crippen LogP contribution in [0.2, 0.25) is 0 Å². The van der Waals surface area contributed by atoms with Crippen LogP contribution in [0.3, 0.4) is 0 Å². The summed E-state index contributed by atoms with van der Waals surface area (Å²) in [6, 6.07) is 3.38. The van der Waals surface area contributed by atoms with E-state index in [4.69, 9.17) is 0 Å². The number of carbonyl (C=O) groups excluding carboxylic acids is 1. The number of amides is 1. The first-order chi connectivity index (χ1) is 11.6. The average molecular weight is 350 g/mol. The number of nitrogens with one attached hydrogen (secondary N) is 1. The zero-order valence-electron chi connectivity index (χ0n) is 15.3. The number of nitrogens with zero attached hydrogens (tertiary/aromatic N) is 2. The van der Waals surface area contributed by atoms with E-state index in [0.29, 0.717) is 12.1 Å². The van der Waals surface area contributed by atoms with E-state index in [1.54, 1.807) is 11.3 Å². The summed E-state index contributed by atoms with van der Waals surface area (Å²) < 4.78 is 0. The molecule has 0 bridgehead atoms. The molecular weight excluding hydrogens is 318 g/mol. The van der Waals surface area contributed by atoms with E-state index in [1.807, 2.05) is 0 Å². The van der Waals surface area contributed by atoms with Crippen molar-refractivity contribution in [2.45, 2.75) is 71.6 Å². The molecule has 0 saturated carbocycles. The molecule has 1 unspecified atom stereocenters. The Morgan fingerprint density at radius 2 is 2.21 bits per heavy atom. The van der Waals surface area contributed by atoms with Crippen molar-refractivity contribution in [1.82, 2.24) is 15.1 Å². The predicted octanol–water partition coefficient (Wildman–Crippen LogP) is 3.47. The van der Waals surface area contributed by atoms with Crippen LogP contribution in [0.1, 0.15) is 66.6 Å². The Morgan fingerprint density at radius 1 is 1.38 bits per heavy atom. The van der Waals surface area contributed by atoms with Crippen molar-refractivity contribution in [3.8, 4) is 0 Å². The van der Waals surface area contributed by atoms with Gasteiger partial charge in [-0.3, -0.25) is 14.6 Å². The van der Waals surface area contributed by atoms with Gasteiger partial charge in [-0.05, 0) is 51.3 Å². The minimum Gasteiger partial charge on any atom is -0.350 e. The van der Waals surface area contributed by atoms with Crippen molar-refractivity contribution < 1.29 is 4.79 Å². The van der Waals surface area contributed by atoms with E-state index >= 15 is 0 Å². The highest BCUT2D eigenvalue weighted by molar-refractivity contribution is 7.14. The number of rotatable bonds is 6. The minimum atomic E-state index is 0.107. The molecule has 2 aliphatic heterocycles. The molecule has 5 heteroatoms. The first-order valence-electron chi connectivity index (χ1n) is 9.46. The molecule has 1 N–H and O–H groups in total. The molecule has 1 aromatic rings. The quantitative estimate of drug-likeness (QED) is 0.854. The van der Waals surface area contributed by atoms with Crippen LogP contribution in [0.25, 0.3) is 0 Å². The van der Waals surface area contributed by atoms with Crippen LogP contribution >= 0.6 is 11.3 Å². The van der Waals surface area contributed by atoms with E-state index in [1.165, 1.54) is 42.7 Å². The number of piperidine rings is 1. The molecule has 1 fully saturated rings. The van der Waals surface area contributed by atoms with E-state index in [9.17, 15) is 4.79 Å². The van der Waals surface area contributed by atoms with Crippen molar-refractivity contribution in [3.05, 3.63) is 21.4 Å². The van der Waals surface area contributed by atoms with Gasteiger partial charge in [-0.25, -0.2) is 0 Å². The molecule has 1 atom stereocenters. The second-order valence-corrected chi connectivity index (χ2v) is 8.54. The van der Waals surface area contributed by atoms with Gasteiger partial charge in [-0.15, -0.1) is 11.3 Å². The second-order valence-electron chi connectivity index (χ2n) is 7.41. The van der Waals surface area contributed by atoms with Crippen LogP contribution in [0, 0.1) is 0 Å². The summed E-state index contributed by atoms with van der Waals surface area (Å²) >= 11 is 1.68. The zero-order chi connectivity index (χ0) is 17.1. The summed E-state index contributed by atoms with van der Waals surface area (Å²) in [5.74, 6) is 0.107. The van der Waals surface area contributed by atoms with Crippen LogP contribution in [0.5, 0.6) is 0 Å². The highest BCUT2D eigenvalue weighted by atomic mass is 32.1. The van der Waals surface area contributed by atoms with Gasteiger partial charge in [0.25, 0.3) is 5.91 Å². The van der Waals surface area contributed by atoms with Gasteiger partial charge < -0.3 is 5.32 Å². The molecule has 134 valence electrons. The topological polar surface area (TPSA) is 35.6 Å². The van der Waals surface area contributed by atoms with E-state index in [-0.39, 0.29) is 5.91 Å². The minimum absolute atomic E-state index is 0.107. The molecule has 0 aliphatic carbocycles. The van der Waals surface area contributed by atoms with Crippen LogP contribution in [-0.2, 0) is 13.1 Å². The van der Waals surface area contributed by atoms with Gasteiger partial charge >= 0.3 is 0 Å². The lowest BCUT2D eigenvalue weighted by atomic mass is 10.0. The second kappa shape index (κ2) is 7.98. The summed E-state index contributed by atoms with van der Waals surface area (Å²) in [7, 11) is 0. The van der Waals surface area contributed by atoms with Crippen LogP contribution in [0.15, 0.2) is 6.07 Å². The Bertz CT molecular complexity index is 545. The third-order valence-electron chi connectivity index (χ3n) is 5.48. The molecule has 4 nitrogen and oxygen atoms in total. The molecule has 24 heavy (non-hydrogen) atoms. The highest BCUT2D eigenvalue weighted by Gasteiger charge is 2.25. The van der Waals surface area contributed by atoms with Crippen LogP contribution < -0.4 is 5.32 Å². The normalized spacial score (nSPS) is 22.1. The lowest BCUT2D eigenvalue weighted by Crippen LogP contribution is -2.43. The number of hydrogen-bond acceptors (Lipinski definition) is 4. The molecule has 0 spiro atoms. The molecule has 0 radical (unpaired) electrons. The molecule has 3 heterocycles. The fourth-order valence-corrected chi connectivity index (χ4v) is 5.00. The Balaban J connectivity index is 1.47. The van der Waals surface area contributed by atoms with E-state index < -0.39 is 0 Å². The maximum atomic E-state index is 12.4. The summed E-state index contributed by atoms with van der Waals surface area (Å²) in [6.07, 6.45) is 5.19. The number of fused-ring (bicyclic) bond motifs is 1. The van der Waals surface area contributed by atoms with Gasteiger partial charge in [0.15, 0.2) is 0 Å². The standard InChI is InChI=1S/C19H31N3OS/c1-4-16-7-5-6-9-21(16)10-8-20-19(23)17-11-15-12-22(14(2)3)13-18(15)24-17/h11,14,16H,4-10,12-13H2,1-3H3,(H,20,23). The van der Waals surface area contributed by atoms with Gasteiger partial charge in [0.1, 0.15) is 0 Å². The Morgan fingerprint density at radius 3 is 2.92 bits per heavy atom. The smallest absolute Gasteiger partial charge is 0.261 e. The molecule has 3 rings (SSSR count). The Hall–Kier alpha value is -0.910. The maximum Gasteiger partial charge on any atom is 0.261 e. The average Bonchev–Trinajstić information content (AvgIpc) is 3.14. The van der Waals surface area contributed by atoms with Gasteiger partial charge in [-0.1, -0.05) is 13.3 Å². The van der Waals surface area contributed by atoms with Gasteiger partial charge in [0.2, 0.25) is 0 Å². The summed E-state index contributed by atoms with van der Waals surface area (Å²) in [5.41, 5.74) is 1.35. The number of carbonyl (C=O) groups is 1. The largest absolute Gasteiger partial charge is 0.350 e. The van der Waals surface area contributed by atoms with Gasteiger partial charge in [0.05, 0.1) is 4.88 Å². The van der Waals surface area contributed by atoms with Crippen molar-refractivity contribution in [3.63, 3.8) is 0 Å². The highest BCUT2D eigenvalue weighted by Crippen LogP contribution is 2.32. The predicted molar refractivity (Wildman–Crippen MR) is 101 cm³/mol. The monoisotopic (exact) mass is 349 g/mol. The van der Waals surface area contributed by atoms with E-state index in [0.717, 1.165) is 31.1 Å². The first kappa shape index (κ1) is 17.9. The maximum absolute atomic E-state index is 12.4. The molecule has 1 aromatic heterocycles. The SMILES string of the molecule is CCC1CCCCN1CCNC(=O)c1cc2c(s1)CN(C(C)C)C2. The Labute approximate surface area is 150 Å². The summed E-state index contributed by atoms with van der Waals surface area (Å²) in [5, 5.41) is 3.13. The first-order valence-corrected chi connectivity index (χ1v) is 10.3. The molecular formula is C19H31N3OS. The fraction of sp³-hybridized carbons (Fsp3) is 0.737. The van der Waals surface area contributed by atoms with Gasteiger partial charge in [-0.2, -0.15) is 0 Å². The van der Waals surface area contributed by atoms with Crippen molar-refractivity contribution >= 4 is 17.2 Å². The van der Waals surface area contributed by atoms with Crippen molar-refractivity contribution in [2.75, 3.05) is 19.6 Å². The third-order valence-corrected chi connectivity index (χ3v) is 6.64. The van der Waals surface area contributed by atoms with Crippen molar-refractivity contribution in [1.29, 1.82) is 0 Å². The number of hydrogen-bond donors (Lipinski definition) is 1. The van der Waals surface area contributed by atoms with Crippen molar-refractivity contribution in [2.24, 2.45) is 0 Å². The molecule has 2 aliphatic rings. The van der Waals surface area contributed by atoms with Crippen LogP contribution in [-0.4, -0.2) is 47.4 Å². The lowest BCUT2D eigenvalue weighted by molar-refractivity contribution is 0.0938. The number of likely N-dealkylation sites (tertiary alicyclic amines) is 1. The molecule has 1 saturated heterocycles. The summed E-state index contributed by atoms with van der Waals surface area (Å²) in [4.78, 5) is 19.7. The van der Waals surface area contributed by atoms with E-state index in [2.05, 4.69) is 42.0 Å². The lowest BCUT2D eigenvalue weighted by Gasteiger charge is -2.35. The fourth-order valence-electron chi connectivity index (χ4n) is 3.89. The summed E-state index contributed by atoms with van der Waals surface area (Å²) in [6.45, 7) is 11.6.